The van der Waals surface area contributed by atoms with E-state index in [9.17, 15) is 13.2 Å². The maximum Gasteiger partial charge on any atom is 0.155 e. The van der Waals surface area contributed by atoms with E-state index in [2.05, 4.69) is 0 Å². The molecule has 0 bridgehead atoms. The predicted octanol–water partition coefficient (Wildman–Crippen LogP) is 1.04. The van der Waals surface area contributed by atoms with E-state index < -0.39 is 15.4 Å². The molecule has 0 saturated heterocycles. The van der Waals surface area contributed by atoms with Gasteiger partial charge in [0.1, 0.15) is 9.84 Å². The Balaban J connectivity index is 2.05. The molecule has 2 atom stereocenters. The van der Waals surface area contributed by atoms with Gasteiger partial charge in [0.15, 0.2) is 5.78 Å². The van der Waals surface area contributed by atoms with Crippen molar-refractivity contribution >= 4 is 15.6 Å². The van der Waals surface area contributed by atoms with E-state index in [1.165, 1.54) is 6.26 Å². The molecule has 2 saturated carbocycles. The topological polar surface area (TPSA) is 77.2 Å². The van der Waals surface area contributed by atoms with Gasteiger partial charge in [-0.2, -0.15) is 0 Å². The van der Waals surface area contributed by atoms with Crippen LogP contribution in [0.2, 0.25) is 0 Å². The first-order chi connectivity index (χ1) is 7.83. The second-order valence-electron chi connectivity index (χ2n) is 5.69. The van der Waals surface area contributed by atoms with Gasteiger partial charge in [-0.25, -0.2) is 8.42 Å². The van der Waals surface area contributed by atoms with Crippen LogP contribution in [-0.2, 0) is 14.6 Å². The first-order valence-electron chi connectivity index (χ1n) is 6.35. The summed E-state index contributed by atoms with van der Waals surface area (Å²) in [6.07, 6.45) is 6.64. The van der Waals surface area contributed by atoms with E-state index in [-0.39, 0.29) is 17.0 Å². The third-order valence-electron chi connectivity index (χ3n) is 4.34. The third kappa shape index (κ3) is 2.55. The van der Waals surface area contributed by atoms with E-state index in [0.717, 1.165) is 32.1 Å². The van der Waals surface area contributed by atoms with Gasteiger partial charge in [0.05, 0.1) is 10.8 Å². The summed E-state index contributed by atoms with van der Waals surface area (Å²) in [6, 6.07) is 0. The van der Waals surface area contributed by atoms with Gasteiger partial charge in [-0.15, -0.1) is 0 Å². The van der Waals surface area contributed by atoms with Crippen molar-refractivity contribution in [3.8, 4) is 0 Å². The molecule has 2 unspecified atom stereocenters. The fourth-order valence-corrected chi connectivity index (χ4v) is 4.16. The second kappa shape index (κ2) is 4.35. The number of nitrogens with two attached hydrogens (primary N) is 1. The fourth-order valence-electron chi connectivity index (χ4n) is 2.98. The number of ketones is 1. The molecule has 4 nitrogen and oxygen atoms in total. The van der Waals surface area contributed by atoms with Crippen molar-refractivity contribution in [2.45, 2.75) is 55.7 Å². The molecule has 0 aromatic rings. The Kier molecular flexibility index (Phi) is 3.34. The molecular weight excluding hydrogens is 238 g/mol. The lowest BCUT2D eigenvalue weighted by atomic mass is 9.68. The summed E-state index contributed by atoms with van der Waals surface area (Å²) in [5.41, 5.74) is 5.40. The minimum absolute atomic E-state index is 0.108. The van der Waals surface area contributed by atoms with Crippen molar-refractivity contribution in [2.75, 3.05) is 6.26 Å². The molecule has 0 aromatic carbocycles. The summed E-state index contributed by atoms with van der Waals surface area (Å²) < 4.78 is 23.1. The van der Waals surface area contributed by atoms with E-state index in [0.29, 0.717) is 12.8 Å². The van der Waals surface area contributed by atoms with Crippen LogP contribution in [0.15, 0.2) is 0 Å². The number of Topliss-reactive ketones (excluding diaryl/α,β-unsaturated/α-hetero) is 1. The summed E-state index contributed by atoms with van der Waals surface area (Å²) in [6.45, 7) is 0. The van der Waals surface area contributed by atoms with Crippen LogP contribution in [0.3, 0.4) is 0 Å². The summed E-state index contributed by atoms with van der Waals surface area (Å²) in [5, 5.41) is -0.339. The summed E-state index contributed by atoms with van der Waals surface area (Å²) in [4.78, 5) is 12.3. The lowest BCUT2D eigenvalue weighted by Crippen LogP contribution is -2.56. The molecule has 2 N–H and O–H groups in total. The Labute approximate surface area is 103 Å². The van der Waals surface area contributed by atoms with Crippen molar-refractivity contribution < 1.29 is 13.2 Å². The van der Waals surface area contributed by atoms with Gasteiger partial charge in [0.2, 0.25) is 0 Å². The van der Waals surface area contributed by atoms with Crippen LogP contribution in [-0.4, -0.2) is 31.2 Å². The molecule has 17 heavy (non-hydrogen) atoms. The number of carbonyl (C=O) groups excluding carboxylic acids is 1. The van der Waals surface area contributed by atoms with Gasteiger partial charge in [-0.3, -0.25) is 4.79 Å². The van der Waals surface area contributed by atoms with Gasteiger partial charge in [-0.05, 0) is 38.5 Å². The molecule has 2 fully saturated rings. The highest BCUT2D eigenvalue weighted by Crippen LogP contribution is 2.37. The van der Waals surface area contributed by atoms with Crippen LogP contribution in [0.4, 0.5) is 0 Å². The number of hydrogen-bond donors (Lipinski definition) is 1. The molecule has 2 aliphatic rings. The zero-order valence-corrected chi connectivity index (χ0v) is 11.1. The van der Waals surface area contributed by atoms with E-state index in [1.54, 1.807) is 0 Å². The Hall–Kier alpha value is -0.420. The quantitative estimate of drug-likeness (QED) is 0.821. The SMILES string of the molecule is CS(=O)(=O)C1CCCC(C(=O)C2(N)CCC2)C1. The minimum Gasteiger partial charge on any atom is -0.319 e. The van der Waals surface area contributed by atoms with Crippen molar-refractivity contribution in [3.63, 3.8) is 0 Å². The van der Waals surface area contributed by atoms with Crippen molar-refractivity contribution in [1.82, 2.24) is 0 Å². The van der Waals surface area contributed by atoms with E-state index in [1.807, 2.05) is 0 Å². The normalized spacial score (nSPS) is 32.8. The largest absolute Gasteiger partial charge is 0.319 e. The van der Waals surface area contributed by atoms with Crippen molar-refractivity contribution in [3.05, 3.63) is 0 Å². The average molecular weight is 259 g/mol. The molecule has 2 aliphatic carbocycles. The highest BCUT2D eigenvalue weighted by molar-refractivity contribution is 7.91. The molecule has 0 spiro atoms. The van der Waals surface area contributed by atoms with Crippen LogP contribution < -0.4 is 5.73 Å². The monoisotopic (exact) mass is 259 g/mol. The highest BCUT2D eigenvalue weighted by atomic mass is 32.2. The van der Waals surface area contributed by atoms with E-state index >= 15 is 0 Å². The zero-order valence-electron chi connectivity index (χ0n) is 10.3. The number of carbonyl (C=O) groups is 1. The first-order valence-corrected chi connectivity index (χ1v) is 8.30. The number of rotatable bonds is 3. The number of hydrogen-bond acceptors (Lipinski definition) is 4. The van der Waals surface area contributed by atoms with Gasteiger partial charge >= 0.3 is 0 Å². The molecular formula is C12H21NO3S. The fraction of sp³-hybridized carbons (Fsp3) is 0.917. The smallest absolute Gasteiger partial charge is 0.155 e. The Bertz CT molecular complexity index is 411. The zero-order chi connectivity index (χ0) is 12.7. The van der Waals surface area contributed by atoms with Gasteiger partial charge in [0, 0.05) is 12.2 Å². The van der Waals surface area contributed by atoms with Crippen LogP contribution in [0.25, 0.3) is 0 Å². The van der Waals surface area contributed by atoms with Gasteiger partial charge in [-0.1, -0.05) is 6.42 Å². The molecule has 2 rings (SSSR count). The van der Waals surface area contributed by atoms with Crippen LogP contribution in [0.5, 0.6) is 0 Å². The van der Waals surface area contributed by atoms with Crippen LogP contribution in [0.1, 0.15) is 44.9 Å². The van der Waals surface area contributed by atoms with Crippen LogP contribution >= 0.6 is 0 Å². The molecule has 0 amide bonds. The van der Waals surface area contributed by atoms with Crippen molar-refractivity contribution in [1.29, 1.82) is 0 Å². The second-order valence-corrected chi connectivity index (χ2v) is 8.01. The van der Waals surface area contributed by atoms with Gasteiger partial charge in [0.25, 0.3) is 0 Å². The molecule has 0 heterocycles. The Morgan fingerprint density at radius 3 is 2.35 bits per heavy atom. The van der Waals surface area contributed by atoms with Crippen LogP contribution in [0, 0.1) is 5.92 Å². The lowest BCUT2D eigenvalue weighted by Gasteiger charge is -2.40. The molecule has 5 heteroatoms. The lowest BCUT2D eigenvalue weighted by molar-refractivity contribution is -0.132. The minimum atomic E-state index is -3.02. The maximum atomic E-state index is 12.3. The summed E-state index contributed by atoms with van der Waals surface area (Å²) >= 11 is 0. The maximum absolute atomic E-state index is 12.3. The summed E-state index contributed by atoms with van der Waals surface area (Å²) in [5.74, 6) is -0.0223. The molecule has 0 aliphatic heterocycles. The predicted molar refractivity (Wildman–Crippen MR) is 66.4 cm³/mol. The van der Waals surface area contributed by atoms with E-state index in [4.69, 9.17) is 5.73 Å². The Morgan fingerprint density at radius 1 is 1.24 bits per heavy atom. The average Bonchev–Trinajstić information content (AvgIpc) is 2.24. The number of sulfone groups is 1. The third-order valence-corrected chi connectivity index (χ3v) is 5.98. The molecule has 0 radical (unpaired) electrons. The highest BCUT2D eigenvalue weighted by Gasteiger charge is 2.45. The van der Waals surface area contributed by atoms with Gasteiger partial charge < -0.3 is 5.73 Å². The van der Waals surface area contributed by atoms with Crippen molar-refractivity contribution in [2.24, 2.45) is 11.7 Å². The molecule has 0 aromatic heterocycles. The standard InChI is InChI=1S/C12H21NO3S/c1-17(15,16)10-5-2-4-9(8-10)11(14)12(13)6-3-7-12/h9-10H,2-8,13H2,1H3. The molecule has 98 valence electrons. The summed E-state index contributed by atoms with van der Waals surface area (Å²) in [7, 11) is -3.02. The first kappa shape index (κ1) is 13.0. The Morgan fingerprint density at radius 2 is 1.88 bits per heavy atom.